The van der Waals surface area contributed by atoms with Crippen molar-refractivity contribution < 1.29 is 52.8 Å². The average Bonchev–Trinajstić information content (AvgIpc) is 2.22. The van der Waals surface area contributed by atoms with Crippen LogP contribution in [0.25, 0.3) is 0 Å². The van der Waals surface area contributed by atoms with Crippen LogP contribution in [0.5, 0.6) is 17.2 Å². The molecule has 0 unspecified atom stereocenters. The van der Waals surface area contributed by atoms with E-state index in [-0.39, 0.29) is 60.9 Å². The zero-order valence-electron chi connectivity index (χ0n) is 52.3. The summed E-state index contributed by atoms with van der Waals surface area (Å²) in [7, 11) is 4.98. The van der Waals surface area contributed by atoms with E-state index in [1.807, 2.05) is 171 Å². The third-order valence-electron chi connectivity index (χ3n) is 13.6. The van der Waals surface area contributed by atoms with Gasteiger partial charge >= 0.3 is 56.6 Å². The third kappa shape index (κ3) is 27.8. The normalized spacial score (nSPS) is 15.1. The van der Waals surface area contributed by atoms with Crippen LogP contribution in [0.4, 0.5) is 16.2 Å². The Morgan fingerprint density at radius 1 is 0.633 bits per heavy atom. The summed E-state index contributed by atoms with van der Waals surface area (Å²) in [5.74, 6) is 2.68. The fourth-order valence-electron chi connectivity index (χ4n) is 8.85. The topological polar surface area (TPSA) is 221 Å². The number of halogens is 9. The first-order chi connectivity index (χ1) is 41.7. The molecule has 500 valence electrons. The van der Waals surface area contributed by atoms with E-state index in [1.165, 1.54) is 10.5 Å². The summed E-state index contributed by atoms with van der Waals surface area (Å²) < 4.78 is 28.6. The van der Waals surface area contributed by atoms with E-state index in [9.17, 15) is 19.2 Å². The van der Waals surface area contributed by atoms with Crippen LogP contribution in [0.2, 0.25) is 0 Å². The molecule has 3 aromatic carbocycles. The van der Waals surface area contributed by atoms with Crippen LogP contribution in [0.15, 0.2) is 122 Å². The van der Waals surface area contributed by atoms with E-state index >= 15 is 0 Å². The Morgan fingerprint density at radius 3 is 1.44 bits per heavy atom. The van der Waals surface area contributed by atoms with Gasteiger partial charge in [-0.15, -0.1) is 36.4 Å². The molecule has 7 heterocycles. The van der Waals surface area contributed by atoms with E-state index in [1.54, 1.807) is 58.7 Å². The van der Waals surface area contributed by atoms with Gasteiger partial charge in [0, 0.05) is 102 Å². The molecule has 3 aliphatic rings. The molecule has 0 saturated carbocycles. The molecule has 3 N–H and O–H groups in total. The predicted molar refractivity (Wildman–Crippen MR) is 418 cm³/mol. The van der Waals surface area contributed by atoms with Gasteiger partial charge in [-0.25, -0.2) is 4.79 Å². The largest absolute Gasteiger partial charge is 0.285 e. The van der Waals surface area contributed by atoms with Gasteiger partial charge < -0.3 is 39.4 Å². The van der Waals surface area contributed by atoms with Crippen molar-refractivity contribution in [2.45, 2.75) is 111 Å². The molecule has 90 heavy (non-hydrogen) atoms. The molecule has 30 heteroatoms. The van der Waals surface area contributed by atoms with Gasteiger partial charge in [-0.05, 0) is 160 Å². The van der Waals surface area contributed by atoms with Crippen LogP contribution in [-0.2, 0) is 38.8 Å². The van der Waals surface area contributed by atoms with E-state index in [0.29, 0.717) is 46.0 Å². The number of H-pyrrole nitrogens is 1. The second-order valence-electron chi connectivity index (χ2n) is 22.6. The van der Waals surface area contributed by atoms with Gasteiger partial charge in [0.25, 0.3) is 0 Å². The minimum atomic E-state index is -0.847. The zero-order chi connectivity index (χ0) is 65.2. The van der Waals surface area contributed by atoms with Crippen LogP contribution in [0, 0.1) is 12.6 Å². The predicted octanol–water partition coefficient (Wildman–Crippen LogP) is 11.3. The molecule has 0 aliphatic carbocycles. The number of piperidine rings is 1. The number of benzene rings is 3. The summed E-state index contributed by atoms with van der Waals surface area (Å²) in [6.07, 6.45) is 16.4. The van der Waals surface area contributed by atoms with E-state index in [0.717, 1.165) is 79.4 Å². The van der Waals surface area contributed by atoms with Crippen molar-refractivity contribution in [2.75, 3.05) is 63.9 Å². The molecule has 3 aliphatic heterocycles. The first-order valence-electron chi connectivity index (χ1n) is 27.7. The first kappa shape index (κ1) is 83.8. The van der Waals surface area contributed by atoms with Crippen LogP contribution in [0.3, 0.4) is 0 Å². The number of aromatic amines is 1. The van der Waals surface area contributed by atoms with Crippen molar-refractivity contribution in [1.82, 2.24) is 55.1 Å². The molecule has 4 aromatic heterocycles. The Morgan fingerprint density at radius 2 is 1.07 bits per heavy atom. The summed E-state index contributed by atoms with van der Waals surface area (Å²) in [5.41, 5.74) is 3.02. The number of ether oxygens (including phenoxy) is 4. The van der Waals surface area contributed by atoms with Gasteiger partial charge in [0.1, 0.15) is 28.4 Å². The van der Waals surface area contributed by atoms with Gasteiger partial charge in [-0.2, -0.15) is 20.4 Å². The summed E-state index contributed by atoms with van der Waals surface area (Å²) in [6.45, 7) is 22.0. The van der Waals surface area contributed by atoms with Gasteiger partial charge in [0.2, 0.25) is 17.7 Å². The number of hydrogen-bond acceptors (Lipinski definition) is 13. The van der Waals surface area contributed by atoms with Crippen LogP contribution in [0.1, 0.15) is 93.3 Å². The van der Waals surface area contributed by atoms with Crippen molar-refractivity contribution in [3.8, 4) is 17.2 Å². The number of amides is 4. The van der Waals surface area contributed by atoms with Crippen molar-refractivity contribution >= 4 is 191 Å². The second kappa shape index (κ2) is 41.6. The standard InChI is InChI=1S/C18H23N3O2.C17H22N4O2.C11H11IN2O.C11H20N2O3.C3H3IN2.ClH.I3.I2.HI.H2/c1-18(2)9-4-10-21(17(18)22)15-11-19-20(13-15)12-14-5-7-16(23-3)8-6-14;1-17(2)16(22)21(9-8-18-17)14-10-19-20(12-14)11-13-4-6-15(23-3)7-5-13;1-15-11-4-2-9(3-5-11)7-14-8-10(12)6-13-14;1-10(2,3)16-9(15)13-7-6-12-8(14)11(13,4)5;4-3-1-5-6-2-3;;1-3-2;1-2;;/h5-8,11,13H,4,9-10,12H2,1-3H3;4-7,10,12,18H,8-9,11H2,1-3H3;2-6,8H,7H2,1H3;6-7H2,1-5H3,(H,12,14);1-2H,(H,5,6);1H;;;2*1H/q;;;;;;-1;;;. The van der Waals surface area contributed by atoms with Gasteiger partial charge in [0.15, 0.2) is 0 Å². The van der Waals surface area contributed by atoms with Crippen molar-refractivity contribution in [3.05, 3.63) is 146 Å². The summed E-state index contributed by atoms with van der Waals surface area (Å²) in [6, 6.07) is 23.8. The Balaban J connectivity index is 0.000000575. The number of nitrogens with zero attached hydrogens (tertiary/aromatic N) is 10. The molecule has 4 amide bonds. The van der Waals surface area contributed by atoms with Crippen LogP contribution >= 0.6 is 156 Å². The fraction of sp³-hybridized carbons (Fsp3) is 0.433. The number of hydrogen-bond donors (Lipinski definition) is 3. The Bertz CT molecular complexity index is 3100. The minimum absolute atomic E-state index is 0. The number of anilines is 2. The number of nitrogens with one attached hydrogen (secondary N) is 3. The zero-order valence-corrected chi connectivity index (χ0v) is 70.6. The molecule has 3 saturated heterocycles. The maximum atomic E-state index is 12.6. The van der Waals surface area contributed by atoms with E-state index in [2.05, 4.69) is 156 Å². The van der Waals surface area contributed by atoms with Gasteiger partial charge in [-0.3, -0.25) is 38.4 Å². The molecule has 10 rings (SSSR count). The summed E-state index contributed by atoms with van der Waals surface area (Å²) >= 11 is 14.0. The Labute approximate surface area is 634 Å². The number of piperazine rings is 2. The van der Waals surface area contributed by atoms with Crippen molar-refractivity contribution in [2.24, 2.45) is 5.41 Å². The van der Waals surface area contributed by atoms with Crippen molar-refractivity contribution in [3.63, 3.8) is 0 Å². The molecule has 0 radical (unpaired) electrons. The molecule has 0 atom stereocenters. The average molecular weight is 2170 g/mol. The van der Waals surface area contributed by atoms with E-state index < -0.39 is 22.8 Å². The quantitative estimate of drug-likeness (QED) is 0.103. The monoisotopic (exact) mass is 2160 g/mol. The summed E-state index contributed by atoms with van der Waals surface area (Å²) in [4.78, 5) is 53.7. The molecule has 0 bridgehead atoms. The maximum absolute atomic E-state index is 12.6. The SMILES string of the molecule is CC(C)(C)OC(=O)N1CCNC(=O)C1(C)C.COc1ccc(Cn2cc(I)cn2)cc1.COc1ccc(Cn2cc(N3CCCC(C)(C)C3=O)cn2)cc1.COc1ccc(Cn2cc(N3CCNC(C)(C)C3=O)cn2)cc1.Cl.I.II.I[I-]I.Ic1cn[nH]c1.[HH]. The molecule has 3 fully saturated rings. The summed E-state index contributed by atoms with van der Waals surface area (Å²) in [5, 5.41) is 25.3. The molecule has 7 aromatic rings. The van der Waals surface area contributed by atoms with Crippen LogP contribution in [-0.4, -0.2) is 139 Å². The Kier molecular flexibility index (Phi) is 38.7. The second-order valence-corrected chi connectivity index (χ2v) is 41.3. The van der Waals surface area contributed by atoms with Crippen molar-refractivity contribution in [1.29, 1.82) is 0 Å². The minimum Gasteiger partial charge on any atom is -0.285 e. The number of carbonyl (C=O) groups is 4. The molecule has 0 spiro atoms. The number of methoxy groups -OCH3 is 3. The fourth-order valence-corrected chi connectivity index (χ4v) is 9.57. The number of rotatable bonds is 11. The molecule has 21 nitrogen and oxygen atoms in total. The Hall–Kier alpha value is -2.33. The van der Waals surface area contributed by atoms with Gasteiger partial charge in [0.05, 0.1) is 89.8 Å². The molecular weight excluding hydrogens is 2080 g/mol. The van der Waals surface area contributed by atoms with E-state index in [4.69, 9.17) is 18.9 Å². The third-order valence-corrected chi connectivity index (χ3v) is 14.7. The van der Waals surface area contributed by atoms with Crippen LogP contribution < -0.4 is 47.9 Å². The maximum Gasteiger partial charge on any atom is 0.0621 e. The molecular formula is C60H83ClI8N13O8-. The number of aromatic nitrogens is 8. The first-order valence-corrected chi connectivity index (χ1v) is 48.7. The number of carbonyl (C=O) groups excluding carboxylic acids is 4. The van der Waals surface area contributed by atoms with Gasteiger partial charge in [-0.1, -0.05) is 50.2 Å². The smallest absolute Gasteiger partial charge is 0.0621 e.